The second-order valence-corrected chi connectivity index (χ2v) is 7.64. The second-order valence-electron chi connectivity index (χ2n) is 6.59. The van der Waals surface area contributed by atoms with E-state index in [1.807, 2.05) is 6.07 Å². The van der Waals surface area contributed by atoms with Crippen molar-refractivity contribution in [2.24, 2.45) is 0 Å². The van der Waals surface area contributed by atoms with Gasteiger partial charge in [-0.2, -0.15) is 0 Å². The molecule has 0 aliphatic carbocycles. The Hall–Kier alpha value is -3.76. The van der Waals surface area contributed by atoms with Crippen LogP contribution in [0.4, 0.5) is 11.4 Å². The first-order chi connectivity index (χ1) is 15.4. The number of carbonyl (C=O) groups excluding carboxylic acids is 2. The van der Waals surface area contributed by atoms with Gasteiger partial charge in [0.05, 0.1) is 24.3 Å². The molecule has 9 nitrogen and oxygen atoms in total. The molecule has 32 heavy (non-hydrogen) atoms. The normalized spacial score (nSPS) is 10.4. The Morgan fingerprint density at radius 1 is 1.12 bits per heavy atom. The van der Waals surface area contributed by atoms with Crippen LogP contribution in [0.5, 0.6) is 5.75 Å². The van der Waals surface area contributed by atoms with Crippen LogP contribution < -0.4 is 10.1 Å². The summed E-state index contributed by atoms with van der Waals surface area (Å²) in [6.45, 7) is 1.59. The molecule has 2 aromatic carbocycles. The number of nitrogens with one attached hydrogen (secondary N) is 1. The fourth-order valence-electron chi connectivity index (χ4n) is 2.78. The zero-order valence-corrected chi connectivity index (χ0v) is 18.1. The van der Waals surface area contributed by atoms with Crippen molar-refractivity contribution in [1.29, 1.82) is 0 Å². The van der Waals surface area contributed by atoms with E-state index in [9.17, 15) is 19.7 Å². The van der Waals surface area contributed by atoms with Gasteiger partial charge in [-0.1, -0.05) is 12.1 Å². The van der Waals surface area contributed by atoms with Gasteiger partial charge in [0, 0.05) is 23.9 Å². The molecule has 3 rings (SSSR count). The van der Waals surface area contributed by atoms with E-state index in [0.29, 0.717) is 16.3 Å². The molecule has 0 saturated carbocycles. The summed E-state index contributed by atoms with van der Waals surface area (Å²) in [5, 5.41) is 13.3. The zero-order chi connectivity index (χ0) is 23.1. The van der Waals surface area contributed by atoms with Crippen LogP contribution in [0.15, 0.2) is 54.6 Å². The lowest BCUT2D eigenvalue weighted by Gasteiger charge is -2.08. The summed E-state index contributed by atoms with van der Waals surface area (Å²) >= 11 is 1.20. The smallest absolute Gasteiger partial charge is 0.350 e. The number of carbonyl (C=O) groups is 2. The molecule has 3 aromatic rings. The molecular weight excluding hydrogens is 436 g/mol. The zero-order valence-electron chi connectivity index (χ0n) is 17.3. The van der Waals surface area contributed by atoms with E-state index in [-0.39, 0.29) is 25.0 Å². The van der Waals surface area contributed by atoms with Crippen LogP contribution in [0.2, 0.25) is 0 Å². The van der Waals surface area contributed by atoms with Gasteiger partial charge in [-0.15, -0.1) is 11.3 Å². The number of esters is 1. The molecule has 1 N–H and O–H groups in total. The molecule has 166 valence electrons. The SMILES string of the molecule is COC(=O)c1sc(-c2cccc(OCOCc3ccc([N+](=O)[O-])cc3)c2)cc1NC(C)=O. The number of thiophene rings is 1. The minimum Gasteiger partial charge on any atom is -0.468 e. The first-order valence-corrected chi connectivity index (χ1v) is 10.2. The van der Waals surface area contributed by atoms with Gasteiger partial charge in [0.15, 0.2) is 6.79 Å². The van der Waals surface area contributed by atoms with E-state index >= 15 is 0 Å². The van der Waals surface area contributed by atoms with Crippen molar-refractivity contribution < 1.29 is 28.7 Å². The van der Waals surface area contributed by atoms with Crippen LogP contribution in [0.3, 0.4) is 0 Å². The van der Waals surface area contributed by atoms with Crippen molar-refractivity contribution in [3.8, 4) is 16.2 Å². The van der Waals surface area contributed by atoms with E-state index in [4.69, 9.17) is 14.2 Å². The minimum atomic E-state index is -0.531. The highest BCUT2D eigenvalue weighted by atomic mass is 32.1. The molecule has 0 bridgehead atoms. The Bertz CT molecular complexity index is 1130. The standard InChI is InChI=1S/C22H20N2O7S/c1-14(25)23-19-11-20(32-21(19)22(26)29-2)16-4-3-5-18(10-16)31-13-30-12-15-6-8-17(9-7-15)24(27)28/h3-11H,12-13H2,1-2H3,(H,23,25). The lowest BCUT2D eigenvalue weighted by molar-refractivity contribution is -0.384. The predicted octanol–water partition coefficient (Wildman–Crippen LogP) is 4.62. The quantitative estimate of drug-likeness (QED) is 0.164. The second kappa shape index (κ2) is 10.5. The van der Waals surface area contributed by atoms with Gasteiger partial charge in [0.2, 0.25) is 5.91 Å². The van der Waals surface area contributed by atoms with Crippen LogP contribution in [0, 0.1) is 10.1 Å². The molecule has 0 spiro atoms. The molecule has 1 aromatic heterocycles. The molecule has 0 saturated heterocycles. The highest BCUT2D eigenvalue weighted by Crippen LogP contribution is 2.36. The molecule has 1 heterocycles. The van der Waals surface area contributed by atoms with E-state index in [1.165, 1.54) is 37.5 Å². The summed E-state index contributed by atoms with van der Waals surface area (Å²) < 4.78 is 15.9. The number of hydrogen-bond donors (Lipinski definition) is 1. The van der Waals surface area contributed by atoms with Crippen molar-refractivity contribution in [3.63, 3.8) is 0 Å². The molecular formula is C22H20N2O7S. The lowest BCUT2D eigenvalue weighted by Crippen LogP contribution is -2.09. The fourth-order valence-corrected chi connectivity index (χ4v) is 3.81. The summed E-state index contributed by atoms with van der Waals surface area (Å²) in [4.78, 5) is 34.8. The first kappa shape index (κ1) is 22.9. The molecule has 0 fully saturated rings. The topological polar surface area (TPSA) is 117 Å². The number of ether oxygens (including phenoxy) is 3. The van der Waals surface area contributed by atoms with Crippen LogP contribution in [0.25, 0.3) is 10.4 Å². The lowest BCUT2D eigenvalue weighted by atomic mass is 10.1. The third kappa shape index (κ3) is 5.90. The van der Waals surface area contributed by atoms with Gasteiger partial charge in [-0.25, -0.2) is 4.79 Å². The highest BCUT2D eigenvalue weighted by molar-refractivity contribution is 7.18. The number of non-ortho nitro benzene ring substituents is 1. The van der Waals surface area contributed by atoms with E-state index in [1.54, 1.807) is 36.4 Å². The number of hydrogen-bond acceptors (Lipinski definition) is 8. The van der Waals surface area contributed by atoms with Crippen LogP contribution in [-0.2, 0) is 20.9 Å². The summed E-state index contributed by atoms with van der Waals surface area (Å²) in [5.41, 5.74) is 1.99. The minimum absolute atomic E-state index is 0.0184. The monoisotopic (exact) mass is 456 g/mol. The number of nitro groups is 1. The third-order valence-corrected chi connectivity index (χ3v) is 5.42. The number of benzene rings is 2. The molecule has 1 amide bonds. The van der Waals surface area contributed by atoms with Gasteiger partial charge in [0.25, 0.3) is 5.69 Å². The number of nitro benzene ring substituents is 1. The highest BCUT2D eigenvalue weighted by Gasteiger charge is 2.19. The van der Waals surface area contributed by atoms with Crippen molar-refractivity contribution in [1.82, 2.24) is 0 Å². The molecule has 0 atom stereocenters. The third-order valence-electron chi connectivity index (χ3n) is 4.26. The van der Waals surface area contributed by atoms with Gasteiger partial charge < -0.3 is 19.5 Å². The largest absolute Gasteiger partial charge is 0.468 e. The molecule has 10 heteroatoms. The van der Waals surface area contributed by atoms with Crippen LogP contribution in [0.1, 0.15) is 22.2 Å². The summed E-state index contributed by atoms with van der Waals surface area (Å²) in [5.74, 6) is -0.265. The van der Waals surface area contributed by atoms with E-state index < -0.39 is 10.9 Å². The molecule has 0 unspecified atom stereocenters. The van der Waals surface area contributed by atoms with Crippen molar-refractivity contribution in [2.45, 2.75) is 13.5 Å². The van der Waals surface area contributed by atoms with Gasteiger partial charge >= 0.3 is 5.97 Å². The Morgan fingerprint density at radius 2 is 1.88 bits per heavy atom. The Labute approximate surface area is 187 Å². The summed E-state index contributed by atoms with van der Waals surface area (Å²) in [6, 6.07) is 15.0. The van der Waals surface area contributed by atoms with Crippen molar-refractivity contribution in [2.75, 3.05) is 19.2 Å². The van der Waals surface area contributed by atoms with Gasteiger partial charge in [0.1, 0.15) is 10.6 Å². The van der Waals surface area contributed by atoms with Crippen molar-refractivity contribution >= 4 is 34.6 Å². The maximum Gasteiger partial charge on any atom is 0.350 e. The summed E-state index contributed by atoms with van der Waals surface area (Å²) in [6.07, 6.45) is 0. The Balaban J connectivity index is 1.64. The van der Waals surface area contributed by atoms with Crippen LogP contribution in [-0.4, -0.2) is 30.7 Å². The van der Waals surface area contributed by atoms with E-state index in [0.717, 1.165) is 16.0 Å². The maximum atomic E-state index is 12.0. The number of amides is 1. The Kier molecular flexibility index (Phi) is 7.53. The average Bonchev–Trinajstić information content (AvgIpc) is 3.20. The fraction of sp³-hybridized carbons (Fsp3) is 0.182. The number of anilines is 1. The number of methoxy groups -OCH3 is 1. The van der Waals surface area contributed by atoms with E-state index in [2.05, 4.69) is 5.32 Å². The average molecular weight is 456 g/mol. The van der Waals surface area contributed by atoms with Crippen molar-refractivity contribution in [3.05, 3.63) is 75.2 Å². The molecule has 0 aliphatic heterocycles. The molecule has 0 aliphatic rings. The van der Waals surface area contributed by atoms with Gasteiger partial charge in [-0.05, 0) is 41.5 Å². The predicted molar refractivity (Wildman–Crippen MR) is 119 cm³/mol. The first-order valence-electron chi connectivity index (χ1n) is 9.41. The van der Waals surface area contributed by atoms with Crippen LogP contribution >= 0.6 is 11.3 Å². The number of nitrogens with zero attached hydrogens (tertiary/aromatic N) is 1. The maximum absolute atomic E-state index is 12.0. The Morgan fingerprint density at radius 3 is 2.53 bits per heavy atom. The molecule has 0 radical (unpaired) electrons. The number of rotatable bonds is 9. The summed E-state index contributed by atoms with van der Waals surface area (Å²) in [7, 11) is 1.28. The van der Waals surface area contributed by atoms with Gasteiger partial charge in [-0.3, -0.25) is 14.9 Å².